The molecule has 0 spiro atoms. The molecule has 8 heteroatoms. The van der Waals surface area contributed by atoms with E-state index in [0.717, 1.165) is 49.1 Å². The van der Waals surface area contributed by atoms with E-state index in [1.165, 1.54) is 5.56 Å². The van der Waals surface area contributed by atoms with Gasteiger partial charge in [-0.15, -0.1) is 0 Å². The maximum atomic E-state index is 5.92. The molecule has 33 heavy (non-hydrogen) atoms. The van der Waals surface area contributed by atoms with Crippen LogP contribution in [0.5, 0.6) is 17.4 Å². The quantitative estimate of drug-likeness (QED) is 0.415. The van der Waals surface area contributed by atoms with Gasteiger partial charge in [0.15, 0.2) is 5.96 Å². The number of benzene rings is 1. The number of likely N-dealkylation sites (tertiary alicyclic amines) is 1. The molecule has 1 aliphatic rings. The highest BCUT2D eigenvalue weighted by Gasteiger charge is 2.26. The van der Waals surface area contributed by atoms with Gasteiger partial charge in [-0.2, -0.15) is 5.10 Å². The van der Waals surface area contributed by atoms with Gasteiger partial charge >= 0.3 is 0 Å². The smallest absolute Gasteiger partial charge is 0.219 e. The lowest BCUT2D eigenvalue weighted by Gasteiger charge is -2.21. The van der Waals surface area contributed by atoms with E-state index in [1.807, 2.05) is 61.2 Å². The van der Waals surface area contributed by atoms with E-state index in [0.29, 0.717) is 24.9 Å². The van der Waals surface area contributed by atoms with Gasteiger partial charge in [-0.3, -0.25) is 4.68 Å². The standard InChI is InChI=1S/C25H32N6O2/c1-4-26-25(31-13-11-20(18-31)21-16-29-30(3)17-21)28-15-19-10-12-27-24(14-19)33-23-8-6-22(7-9-23)32-5-2/h6-10,12,14,16-17,20H,4-5,11,13,15,18H2,1-3H3,(H,26,28). The molecule has 4 rings (SSSR count). The van der Waals surface area contributed by atoms with Crippen molar-refractivity contribution < 1.29 is 9.47 Å². The Balaban J connectivity index is 1.40. The van der Waals surface area contributed by atoms with E-state index >= 15 is 0 Å². The summed E-state index contributed by atoms with van der Waals surface area (Å²) < 4.78 is 13.3. The number of hydrogen-bond donors (Lipinski definition) is 1. The van der Waals surface area contributed by atoms with Crippen LogP contribution in [-0.2, 0) is 13.6 Å². The molecular weight excluding hydrogens is 416 g/mol. The van der Waals surface area contributed by atoms with Gasteiger partial charge < -0.3 is 19.7 Å². The Kier molecular flexibility index (Phi) is 7.44. The number of guanidine groups is 1. The largest absolute Gasteiger partial charge is 0.494 e. The average Bonchev–Trinajstić information content (AvgIpc) is 3.48. The fourth-order valence-corrected chi connectivity index (χ4v) is 3.96. The summed E-state index contributed by atoms with van der Waals surface area (Å²) in [6.07, 6.45) is 6.95. The van der Waals surface area contributed by atoms with Crippen molar-refractivity contribution in [2.75, 3.05) is 26.2 Å². The lowest BCUT2D eigenvalue weighted by molar-refractivity contribution is 0.339. The number of nitrogens with one attached hydrogen (secondary N) is 1. The van der Waals surface area contributed by atoms with Crippen LogP contribution in [0.1, 0.15) is 37.3 Å². The summed E-state index contributed by atoms with van der Waals surface area (Å²) >= 11 is 0. The van der Waals surface area contributed by atoms with Gasteiger partial charge in [0.05, 0.1) is 19.3 Å². The van der Waals surface area contributed by atoms with E-state index in [9.17, 15) is 0 Å². The van der Waals surface area contributed by atoms with Gasteiger partial charge in [-0.25, -0.2) is 9.98 Å². The SMILES string of the molecule is CCNC(=NCc1ccnc(Oc2ccc(OCC)cc2)c1)N1CCC(c2cnn(C)c2)C1. The van der Waals surface area contributed by atoms with Crippen LogP contribution in [0.2, 0.25) is 0 Å². The molecule has 1 atom stereocenters. The summed E-state index contributed by atoms with van der Waals surface area (Å²) in [5.74, 6) is 3.52. The van der Waals surface area contributed by atoms with E-state index in [2.05, 4.69) is 33.4 Å². The first-order chi connectivity index (χ1) is 16.1. The normalized spacial score (nSPS) is 16.2. The van der Waals surface area contributed by atoms with E-state index in [4.69, 9.17) is 14.5 Å². The highest BCUT2D eigenvalue weighted by atomic mass is 16.5. The monoisotopic (exact) mass is 448 g/mol. The molecule has 174 valence electrons. The molecule has 0 saturated carbocycles. The van der Waals surface area contributed by atoms with Crippen molar-refractivity contribution in [3.8, 4) is 17.4 Å². The van der Waals surface area contributed by atoms with Crippen molar-refractivity contribution in [2.24, 2.45) is 12.0 Å². The second-order valence-electron chi connectivity index (χ2n) is 8.06. The summed E-state index contributed by atoms with van der Waals surface area (Å²) in [5.41, 5.74) is 2.34. The summed E-state index contributed by atoms with van der Waals surface area (Å²) in [6.45, 7) is 8.01. The van der Waals surface area contributed by atoms with E-state index in [-0.39, 0.29) is 0 Å². The van der Waals surface area contributed by atoms with Gasteiger partial charge in [-0.1, -0.05) is 0 Å². The summed E-state index contributed by atoms with van der Waals surface area (Å²) in [7, 11) is 1.96. The van der Waals surface area contributed by atoms with Crippen molar-refractivity contribution >= 4 is 5.96 Å². The van der Waals surface area contributed by atoms with Crippen LogP contribution in [0.25, 0.3) is 0 Å². The Hall–Kier alpha value is -3.55. The van der Waals surface area contributed by atoms with Crippen molar-refractivity contribution in [1.29, 1.82) is 0 Å². The molecule has 0 bridgehead atoms. The highest BCUT2D eigenvalue weighted by molar-refractivity contribution is 5.80. The molecule has 0 radical (unpaired) electrons. The lowest BCUT2D eigenvalue weighted by atomic mass is 10.0. The number of aryl methyl sites for hydroxylation is 1. The Bertz CT molecular complexity index is 1060. The number of aliphatic imine (C=N–C) groups is 1. The van der Waals surface area contributed by atoms with Crippen LogP contribution in [0.15, 0.2) is 60.0 Å². The molecule has 0 amide bonds. The number of nitrogens with zero attached hydrogens (tertiary/aromatic N) is 5. The Morgan fingerprint density at radius 1 is 1.18 bits per heavy atom. The molecule has 1 unspecified atom stereocenters. The van der Waals surface area contributed by atoms with Crippen LogP contribution in [0, 0.1) is 0 Å². The van der Waals surface area contributed by atoms with E-state index in [1.54, 1.807) is 6.20 Å². The first kappa shape index (κ1) is 22.6. The second kappa shape index (κ2) is 10.8. The maximum Gasteiger partial charge on any atom is 0.219 e. The molecule has 8 nitrogen and oxygen atoms in total. The number of pyridine rings is 1. The van der Waals surface area contributed by atoms with Crippen molar-refractivity contribution in [1.82, 2.24) is 25.0 Å². The van der Waals surface area contributed by atoms with Gasteiger partial charge in [0.2, 0.25) is 5.88 Å². The minimum absolute atomic E-state index is 0.484. The Morgan fingerprint density at radius 2 is 2.00 bits per heavy atom. The molecule has 1 N–H and O–H groups in total. The third kappa shape index (κ3) is 6.03. The van der Waals surface area contributed by atoms with Crippen LogP contribution in [-0.4, -0.2) is 51.9 Å². The number of hydrogen-bond acceptors (Lipinski definition) is 5. The van der Waals surface area contributed by atoms with Crippen molar-refractivity contribution in [3.63, 3.8) is 0 Å². The first-order valence-electron chi connectivity index (χ1n) is 11.5. The zero-order valence-electron chi connectivity index (χ0n) is 19.6. The molecule has 1 aliphatic heterocycles. The average molecular weight is 449 g/mol. The molecule has 1 aromatic carbocycles. The first-order valence-corrected chi connectivity index (χ1v) is 11.5. The fraction of sp³-hybridized carbons (Fsp3) is 0.400. The molecule has 2 aromatic heterocycles. The number of rotatable bonds is 8. The summed E-state index contributed by atoms with van der Waals surface area (Å²) in [5, 5.41) is 7.76. The van der Waals surface area contributed by atoms with E-state index < -0.39 is 0 Å². The number of aromatic nitrogens is 3. The Labute approximate surface area is 195 Å². The maximum absolute atomic E-state index is 5.92. The van der Waals surface area contributed by atoms with Gasteiger partial charge in [0, 0.05) is 51.1 Å². The zero-order chi connectivity index (χ0) is 23.0. The molecule has 3 heterocycles. The molecule has 1 fully saturated rings. The van der Waals surface area contributed by atoms with Crippen molar-refractivity contribution in [3.05, 3.63) is 66.1 Å². The van der Waals surface area contributed by atoms with Crippen LogP contribution < -0.4 is 14.8 Å². The van der Waals surface area contributed by atoms with Crippen LogP contribution >= 0.6 is 0 Å². The summed E-state index contributed by atoms with van der Waals surface area (Å²) in [6, 6.07) is 11.5. The minimum atomic E-state index is 0.484. The van der Waals surface area contributed by atoms with Gasteiger partial charge in [-0.05, 0) is 61.7 Å². The molecule has 0 aliphatic carbocycles. The molecular formula is C25H32N6O2. The van der Waals surface area contributed by atoms with Crippen LogP contribution in [0.4, 0.5) is 0 Å². The van der Waals surface area contributed by atoms with Gasteiger partial charge in [0.1, 0.15) is 11.5 Å². The topological polar surface area (TPSA) is 76.8 Å². The third-order valence-electron chi connectivity index (χ3n) is 5.59. The third-order valence-corrected chi connectivity index (χ3v) is 5.59. The van der Waals surface area contributed by atoms with Crippen molar-refractivity contribution in [2.45, 2.75) is 32.7 Å². The molecule has 1 saturated heterocycles. The summed E-state index contributed by atoms with van der Waals surface area (Å²) in [4.78, 5) is 11.6. The lowest BCUT2D eigenvalue weighted by Crippen LogP contribution is -2.40. The predicted molar refractivity (Wildman–Crippen MR) is 129 cm³/mol. The second-order valence-corrected chi connectivity index (χ2v) is 8.06. The highest BCUT2D eigenvalue weighted by Crippen LogP contribution is 2.27. The zero-order valence-corrected chi connectivity index (χ0v) is 19.6. The number of ether oxygens (including phenoxy) is 2. The fourth-order valence-electron chi connectivity index (χ4n) is 3.96. The van der Waals surface area contributed by atoms with Gasteiger partial charge in [0.25, 0.3) is 0 Å². The van der Waals surface area contributed by atoms with Crippen LogP contribution in [0.3, 0.4) is 0 Å². The minimum Gasteiger partial charge on any atom is -0.494 e. The Morgan fingerprint density at radius 3 is 2.73 bits per heavy atom. The molecule has 3 aromatic rings. The predicted octanol–water partition coefficient (Wildman–Crippen LogP) is 3.96.